The lowest BCUT2D eigenvalue weighted by Crippen LogP contribution is -2.42. The fourth-order valence-electron chi connectivity index (χ4n) is 5.57. The van der Waals surface area contributed by atoms with Crippen molar-refractivity contribution in [2.75, 3.05) is 31.1 Å². The number of imide groups is 1. The molecule has 0 N–H and O–H groups in total. The van der Waals surface area contributed by atoms with Crippen LogP contribution in [0.2, 0.25) is 0 Å². The number of allylic oxidation sites excluding steroid dienone is 2. The van der Waals surface area contributed by atoms with Crippen LogP contribution in [0, 0.1) is 17.8 Å². The zero-order chi connectivity index (χ0) is 22.4. The minimum atomic E-state index is -0.330. The van der Waals surface area contributed by atoms with Gasteiger partial charge in [-0.2, -0.15) is 0 Å². The predicted molar refractivity (Wildman–Crippen MR) is 123 cm³/mol. The molecule has 32 heavy (non-hydrogen) atoms. The Morgan fingerprint density at radius 1 is 1.03 bits per heavy atom. The van der Waals surface area contributed by atoms with Gasteiger partial charge in [-0.3, -0.25) is 19.3 Å². The molecule has 2 aromatic rings. The summed E-state index contributed by atoms with van der Waals surface area (Å²) in [6.45, 7) is 5.95. The average molecular weight is 433 g/mol. The van der Waals surface area contributed by atoms with E-state index < -0.39 is 0 Å². The van der Waals surface area contributed by atoms with Crippen molar-refractivity contribution in [2.24, 2.45) is 17.8 Å². The second-order valence-corrected chi connectivity index (χ2v) is 8.85. The maximum atomic E-state index is 13.2. The Hall–Kier alpha value is -3.15. The Labute approximate surface area is 187 Å². The normalized spacial score (nSPS) is 23.3. The van der Waals surface area contributed by atoms with Gasteiger partial charge in [-0.15, -0.1) is 0 Å². The second-order valence-electron chi connectivity index (χ2n) is 8.85. The third-order valence-corrected chi connectivity index (χ3v) is 7.21. The smallest absolute Gasteiger partial charge is 0.309 e. The van der Waals surface area contributed by atoms with Gasteiger partial charge in [0.25, 0.3) is 11.8 Å². The zero-order valence-corrected chi connectivity index (χ0v) is 18.5. The lowest BCUT2D eigenvalue weighted by atomic mass is 9.92. The minimum Gasteiger partial charge on any atom is -0.464 e. The van der Waals surface area contributed by atoms with E-state index in [1.165, 1.54) is 4.90 Å². The van der Waals surface area contributed by atoms with Crippen LogP contribution in [0.3, 0.4) is 0 Å². The van der Waals surface area contributed by atoms with E-state index in [1.54, 1.807) is 6.07 Å². The van der Waals surface area contributed by atoms with E-state index in [0.717, 1.165) is 37.0 Å². The minimum absolute atomic E-state index is 0.0246. The molecule has 3 atom stereocenters. The van der Waals surface area contributed by atoms with Crippen LogP contribution < -0.4 is 4.90 Å². The molecule has 0 spiro atoms. The van der Waals surface area contributed by atoms with Crippen LogP contribution in [0.15, 0.2) is 42.5 Å². The number of esters is 1. The van der Waals surface area contributed by atoms with Crippen molar-refractivity contribution in [3.05, 3.63) is 53.6 Å². The number of hydrogen-bond acceptors (Lipinski definition) is 5. The van der Waals surface area contributed by atoms with Gasteiger partial charge in [0.05, 0.1) is 12.5 Å². The molecule has 5 rings (SSSR count). The molecular formula is C26H28N2O4. The quantitative estimate of drug-likeness (QED) is 0.375. The van der Waals surface area contributed by atoms with Crippen LogP contribution >= 0.6 is 0 Å². The van der Waals surface area contributed by atoms with Gasteiger partial charge in [-0.1, -0.05) is 24.3 Å². The number of fused-ring (bicyclic) bond motifs is 2. The third kappa shape index (κ3) is 3.20. The van der Waals surface area contributed by atoms with Crippen molar-refractivity contribution in [1.29, 1.82) is 0 Å². The number of ether oxygens (including phenoxy) is 1. The summed E-state index contributed by atoms with van der Waals surface area (Å²) in [5.74, 6) is -0.209. The molecule has 3 unspecified atom stereocenters. The molecule has 1 fully saturated rings. The molecule has 0 aromatic heterocycles. The molecular weight excluding hydrogens is 404 g/mol. The van der Waals surface area contributed by atoms with Crippen molar-refractivity contribution >= 4 is 34.2 Å². The van der Waals surface area contributed by atoms with Gasteiger partial charge < -0.3 is 9.64 Å². The topological polar surface area (TPSA) is 66.9 Å². The summed E-state index contributed by atoms with van der Waals surface area (Å²) in [6, 6.07) is 9.38. The first-order valence-corrected chi connectivity index (χ1v) is 11.5. The summed E-state index contributed by atoms with van der Waals surface area (Å²) in [4.78, 5) is 42.4. The molecule has 0 radical (unpaired) electrons. The number of carbonyl (C=O) groups excluding carboxylic acids is 3. The molecule has 1 heterocycles. The molecule has 6 nitrogen and oxygen atoms in total. The first-order chi connectivity index (χ1) is 15.5. The molecule has 166 valence electrons. The van der Waals surface area contributed by atoms with E-state index in [0.29, 0.717) is 22.4 Å². The van der Waals surface area contributed by atoms with E-state index >= 15 is 0 Å². The summed E-state index contributed by atoms with van der Waals surface area (Å²) >= 11 is 0. The Morgan fingerprint density at radius 2 is 1.78 bits per heavy atom. The second kappa shape index (κ2) is 8.08. The molecule has 2 aromatic carbocycles. The van der Waals surface area contributed by atoms with E-state index in [2.05, 4.69) is 30.9 Å². The number of carbonyl (C=O) groups is 3. The van der Waals surface area contributed by atoms with E-state index in [9.17, 15) is 14.4 Å². The monoisotopic (exact) mass is 432 g/mol. The summed E-state index contributed by atoms with van der Waals surface area (Å²) in [7, 11) is 0. The first kappa shape index (κ1) is 20.7. The fraction of sp³-hybridized carbons (Fsp3) is 0.423. The summed E-state index contributed by atoms with van der Waals surface area (Å²) in [6.07, 6.45) is 6.16. The largest absolute Gasteiger partial charge is 0.464 e. The van der Waals surface area contributed by atoms with Crippen LogP contribution in [0.4, 0.5) is 5.69 Å². The predicted octanol–water partition coefficient (Wildman–Crippen LogP) is 4.04. The molecule has 2 bridgehead atoms. The van der Waals surface area contributed by atoms with Crippen LogP contribution in [-0.4, -0.2) is 48.9 Å². The number of hydrogen-bond donors (Lipinski definition) is 0. The Kier molecular flexibility index (Phi) is 5.24. The van der Waals surface area contributed by atoms with Gasteiger partial charge in [0.15, 0.2) is 0 Å². The highest BCUT2D eigenvalue weighted by Crippen LogP contribution is 2.44. The maximum Gasteiger partial charge on any atom is 0.309 e. The summed E-state index contributed by atoms with van der Waals surface area (Å²) < 4.78 is 5.49. The first-order valence-electron chi connectivity index (χ1n) is 11.5. The van der Waals surface area contributed by atoms with E-state index in [4.69, 9.17) is 4.74 Å². The van der Waals surface area contributed by atoms with Gasteiger partial charge >= 0.3 is 5.97 Å². The van der Waals surface area contributed by atoms with Crippen molar-refractivity contribution in [3.63, 3.8) is 0 Å². The van der Waals surface area contributed by atoms with Crippen LogP contribution in [0.25, 0.3) is 10.8 Å². The highest BCUT2D eigenvalue weighted by atomic mass is 16.5. The molecule has 6 heteroatoms. The van der Waals surface area contributed by atoms with Crippen molar-refractivity contribution in [1.82, 2.24) is 4.90 Å². The van der Waals surface area contributed by atoms with Crippen LogP contribution in [-0.2, 0) is 9.53 Å². The summed E-state index contributed by atoms with van der Waals surface area (Å²) in [5.41, 5.74) is 2.07. The number of benzene rings is 2. The Bertz CT molecular complexity index is 1110. The molecule has 0 saturated heterocycles. The van der Waals surface area contributed by atoms with Crippen molar-refractivity contribution in [3.8, 4) is 0 Å². The number of amides is 2. The Morgan fingerprint density at radius 3 is 2.44 bits per heavy atom. The highest BCUT2D eigenvalue weighted by molar-refractivity contribution is 6.26. The standard InChI is InChI=1S/C26H28N2O4/c1-3-27(4-2)22-11-10-20-23-18(22)6-5-7-19(23)24(29)28(25(20)30)12-13-32-26(31)21-15-16-8-9-17(21)14-16/h5-11,16-17,21H,3-4,12-15H2,1-2H3. The fourth-order valence-corrected chi connectivity index (χ4v) is 5.57. The molecule has 1 aliphatic heterocycles. The number of anilines is 1. The van der Waals surface area contributed by atoms with Crippen LogP contribution in [0.1, 0.15) is 47.4 Å². The third-order valence-electron chi connectivity index (χ3n) is 7.21. The Balaban J connectivity index is 1.35. The van der Waals surface area contributed by atoms with E-state index in [-0.39, 0.29) is 42.8 Å². The van der Waals surface area contributed by atoms with Crippen molar-refractivity contribution in [2.45, 2.75) is 26.7 Å². The van der Waals surface area contributed by atoms with Gasteiger partial charge in [-0.25, -0.2) is 0 Å². The number of rotatable bonds is 7. The lowest BCUT2D eigenvalue weighted by molar-refractivity contribution is -0.149. The lowest BCUT2D eigenvalue weighted by Gasteiger charge is -2.30. The molecule has 2 amide bonds. The van der Waals surface area contributed by atoms with E-state index in [1.807, 2.05) is 24.3 Å². The average Bonchev–Trinajstić information content (AvgIpc) is 3.44. The molecule has 3 aliphatic rings. The van der Waals surface area contributed by atoms with Crippen LogP contribution in [0.5, 0.6) is 0 Å². The van der Waals surface area contributed by atoms with Crippen molar-refractivity contribution < 1.29 is 19.1 Å². The SMILES string of the molecule is CCN(CC)c1ccc2c3c(cccc13)C(=O)N(CCOC(=O)C1CC3C=CC1C3)C2=O. The highest BCUT2D eigenvalue weighted by Gasteiger charge is 2.41. The molecule has 1 saturated carbocycles. The van der Waals surface area contributed by atoms with Gasteiger partial charge in [0, 0.05) is 40.7 Å². The summed E-state index contributed by atoms with van der Waals surface area (Å²) in [5, 5.41) is 1.63. The zero-order valence-electron chi connectivity index (χ0n) is 18.5. The van der Waals surface area contributed by atoms with Gasteiger partial charge in [-0.05, 0) is 56.7 Å². The van der Waals surface area contributed by atoms with Gasteiger partial charge in [0.1, 0.15) is 6.61 Å². The number of nitrogens with zero attached hydrogens (tertiary/aromatic N) is 2. The van der Waals surface area contributed by atoms with Gasteiger partial charge in [0.2, 0.25) is 0 Å². The molecule has 2 aliphatic carbocycles. The maximum absolute atomic E-state index is 13.2.